The quantitative estimate of drug-likeness (QED) is 0.0383. The monoisotopic (exact) mass is 914 g/mol. The first-order chi connectivity index (χ1) is 30.5. The Bertz CT molecular complexity index is 2300. The van der Waals surface area contributed by atoms with Crippen LogP contribution in [0, 0.1) is 0 Å². The molecule has 0 saturated carbocycles. The highest BCUT2D eigenvalue weighted by atomic mass is 16.4. The molecule has 24 nitrogen and oxygen atoms in total. The minimum Gasteiger partial charge on any atom is -0.548 e. The maximum Gasteiger partial charge on any atom is 0.325 e. The van der Waals surface area contributed by atoms with Crippen LogP contribution in [-0.2, 0) is 19.2 Å². The van der Waals surface area contributed by atoms with Gasteiger partial charge in [-0.25, -0.2) is 0 Å². The average molecular weight is 915 g/mol. The van der Waals surface area contributed by atoms with Gasteiger partial charge in [-0.15, -0.1) is 0 Å². The number of aliphatic imine (C=N–C) groups is 4. The van der Waals surface area contributed by atoms with Gasteiger partial charge in [0.05, 0.1) is 49.9 Å². The first-order valence-corrected chi connectivity index (χ1v) is 17.5. The molecule has 0 radical (unpaired) electrons. The number of hydrogen-bond acceptors (Lipinski definition) is 22. The average Bonchev–Trinajstić information content (AvgIpc) is 3.23. The number of carboxylic acids is 4. The molecule has 0 amide bonds. The molecule has 0 fully saturated rings. The molecule has 0 atom stereocenters. The predicted octanol–water partition coefficient (Wildman–Crippen LogP) is 1.38. The van der Waals surface area contributed by atoms with Crippen LogP contribution in [0.25, 0.3) is 22.3 Å². The third-order valence-corrected chi connectivity index (χ3v) is 7.94. The molecule has 0 aliphatic heterocycles. The Kier molecular flexibility index (Phi) is 22.1. The van der Waals surface area contributed by atoms with E-state index < -0.39 is 55.8 Å². The summed E-state index contributed by atoms with van der Waals surface area (Å²) >= 11 is 0. The van der Waals surface area contributed by atoms with Gasteiger partial charge in [-0.05, 0) is 70.8 Å². The van der Waals surface area contributed by atoms with Crippen molar-refractivity contribution in [3.05, 3.63) is 93.0 Å². The van der Waals surface area contributed by atoms with Crippen LogP contribution in [0.15, 0.2) is 89.1 Å². The lowest BCUT2D eigenvalue weighted by Crippen LogP contribution is -2.25. The number of aromatic hydroxyl groups is 4. The normalized spacial score (nSPS) is 11.5. The summed E-state index contributed by atoms with van der Waals surface area (Å²) in [7, 11) is 0. The zero-order chi connectivity index (χ0) is 47.3. The van der Waals surface area contributed by atoms with E-state index in [0.717, 1.165) is 49.7 Å². The van der Waals surface area contributed by atoms with Gasteiger partial charge < -0.3 is 71.3 Å². The third kappa shape index (κ3) is 16.1. The number of benzene rings is 4. The summed E-state index contributed by atoms with van der Waals surface area (Å²) in [5.41, 5.74) is 2.24. The van der Waals surface area contributed by atoms with E-state index in [4.69, 9.17) is 31.0 Å². The zero-order valence-electron chi connectivity index (χ0n) is 32.6. The van der Waals surface area contributed by atoms with Crippen LogP contribution in [0.4, 0.5) is 0 Å². The van der Waals surface area contributed by atoms with Gasteiger partial charge in [0.2, 0.25) is 0 Å². The van der Waals surface area contributed by atoms with Gasteiger partial charge in [0.1, 0.15) is 36.1 Å². The van der Waals surface area contributed by atoms with Crippen molar-refractivity contribution in [1.82, 2.24) is 0 Å². The van der Waals surface area contributed by atoms with Crippen molar-refractivity contribution in [2.75, 3.05) is 26.2 Å². The van der Waals surface area contributed by atoms with Crippen LogP contribution in [0.5, 0.6) is 23.0 Å². The predicted molar refractivity (Wildman–Crippen MR) is 237 cm³/mol. The second kappa shape index (κ2) is 26.8. The van der Waals surface area contributed by atoms with E-state index in [9.17, 15) is 49.8 Å². The van der Waals surface area contributed by atoms with Crippen molar-refractivity contribution in [3.63, 3.8) is 0 Å². The van der Waals surface area contributed by atoms with Gasteiger partial charge in [-0.2, -0.15) is 0 Å². The Balaban J connectivity index is 0.000000682. The fourth-order valence-corrected chi connectivity index (χ4v) is 5.30. The number of hydrogen-bond donors (Lipinski definition) is 10. The number of phenols is 4. The number of carbonyl (C=O) groups excluding carboxylic acids is 2. The molecule has 4 aromatic rings. The first kappa shape index (κ1) is 54.5. The number of oxime groups is 4. The molecular weight excluding hydrogens is 873 g/mol. The van der Waals surface area contributed by atoms with Crippen molar-refractivity contribution in [3.8, 4) is 45.3 Å². The second-order valence-corrected chi connectivity index (χ2v) is 12.4. The lowest BCUT2D eigenvalue weighted by atomic mass is 9.95. The van der Waals surface area contributed by atoms with Crippen molar-refractivity contribution in [2.45, 2.75) is 14.9 Å². The Morgan fingerprint density at radius 1 is 0.379 bits per heavy atom. The maximum atomic E-state index is 10.8. The zero-order valence-corrected chi connectivity index (χ0v) is 32.6. The first-order valence-electron chi connectivity index (χ1n) is 17.5. The van der Waals surface area contributed by atoms with Crippen molar-refractivity contribution < 1.29 is 80.9 Å². The summed E-state index contributed by atoms with van der Waals surface area (Å²) in [5.74, 6) is -6.72. The highest BCUT2D eigenvalue weighted by Gasteiger charge is 2.16. The number of nitrogens with zero attached hydrogens (tertiary/aromatic N) is 8. The van der Waals surface area contributed by atoms with E-state index in [-0.39, 0.29) is 76.6 Å². The highest BCUT2D eigenvalue weighted by Crippen LogP contribution is 2.34. The third-order valence-electron chi connectivity index (χ3n) is 7.94. The van der Waals surface area contributed by atoms with Gasteiger partial charge in [0, 0.05) is 69.4 Å². The molecule has 24 heteroatoms. The van der Waals surface area contributed by atoms with Crippen molar-refractivity contribution in [2.24, 2.45) is 40.6 Å². The van der Waals surface area contributed by atoms with Gasteiger partial charge in [0.15, 0.2) is 0 Å². The molecule has 0 bridgehead atoms. The van der Waals surface area contributed by atoms with Gasteiger partial charge in [-0.1, -0.05) is 35.5 Å². The SMILES string of the molecule is C.C.O/N=C/c1cc(-c2cc(/C=N/O)c(O)c(/C=N/O)c2)cc(/C=N/O)c1O.O=C([O-])CN=Cc1cc(-c2cc(C=NCC(=O)O)c(O)c(C=NCC(=O)O)c2)cc(C=NCC(=O)[O-])c1O. The number of aliphatic carboxylic acids is 4. The Hall–Kier alpha value is -9.48. The van der Waals surface area contributed by atoms with E-state index >= 15 is 0 Å². The molecule has 0 aliphatic carbocycles. The van der Waals surface area contributed by atoms with Crippen molar-refractivity contribution >= 4 is 73.6 Å². The van der Waals surface area contributed by atoms with Crippen LogP contribution >= 0.6 is 0 Å². The summed E-state index contributed by atoms with van der Waals surface area (Å²) < 4.78 is 0. The minimum absolute atomic E-state index is 0. The van der Waals surface area contributed by atoms with E-state index in [2.05, 4.69) is 40.6 Å². The second-order valence-electron chi connectivity index (χ2n) is 12.4. The summed E-state index contributed by atoms with van der Waals surface area (Å²) in [6, 6.07) is 11.5. The molecule has 0 spiro atoms. The Morgan fingerprint density at radius 2 is 0.561 bits per heavy atom. The molecule has 66 heavy (non-hydrogen) atoms. The molecule has 0 saturated heterocycles. The summed E-state index contributed by atoms with van der Waals surface area (Å²) in [5, 5.41) is 127. The summed E-state index contributed by atoms with van der Waals surface area (Å²) in [4.78, 5) is 57.8. The molecular formula is C42H42N8O16-2. The molecule has 348 valence electrons. The number of carbonyl (C=O) groups is 4. The van der Waals surface area contributed by atoms with Crippen LogP contribution in [0.2, 0.25) is 0 Å². The minimum atomic E-state index is -1.47. The maximum absolute atomic E-state index is 10.8. The van der Waals surface area contributed by atoms with Crippen LogP contribution in [0.3, 0.4) is 0 Å². The molecule has 0 heterocycles. The summed E-state index contributed by atoms with van der Waals surface area (Å²) in [6.07, 6.45) is 8.23. The Labute approximate surface area is 373 Å². The van der Waals surface area contributed by atoms with Crippen LogP contribution in [0.1, 0.15) is 59.4 Å². The molecule has 0 aliphatic rings. The number of carboxylic acid groups (broad SMARTS) is 4. The molecule has 0 aromatic heterocycles. The molecule has 10 N–H and O–H groups in total. The smallest absolute Gasteiger partial charge is 0.325 e. The molecule has 0 unspecified atom stereocenters. The lowest BCUT2D eigenvalue weighted by Gasteiger charge is -2.12. The van der Waals surface area contributed by atoms with E-state index in [1.54, 1.807) is 0 Å². The number of rotatable bonds is 18. The van der Waals surface area contributed by atoms with E-state index in [1.807, 2.05) is 0 Å². The van der Waals surface area contributed by atoms with Gasteiger partial charge in [-0.3, -0.25) is 29.6 Å². The van der Waals surface area contributed by atoms with Crippen molar-refractivity contribution in [1.29, 1.82) is 0 Å². The fraction of sp³-hybridized carbons (Fsp3) is 0.143. The van der Waals surface area contributed by atoms with E-state index in [1.165, 1.54) is 48.5 Å². The summed E-state index contributed by atoms with van der Waals surface area (Å²) in [6.45, 7) is -2.59. The fourth-order valence-electron chi connectivity index (χ4n) is 5.30. The Morgan fingerprint density at radius 3 is 0.727 bits per heavy atom. The highest BCUT2D eigenvalue weighted by molar-refractivity contribution is 6.00. The van der Waals surface area contributed by atoms with Gasteiger partial charge >= 0.3 is 11.9 Å². The lowest BCUT2D eigenvalue weighted by molar-refractivity contribution is -0.304. The van der Waals surface area contributed by atoms with Gasteiger partial charge in [0.25, 0.3) is 0 Å². The molecule has 4 rings (SSSR count). The number of phenolic OH excluding ortho intramolecular Hbond substituents is 4. The standard InChI is InChI=1S/C24H22N4O10.C16H14N4O6.2CH4/c29-19(30)9-25-5-15-1-13(2-16(23(15)37)6-26-10-20(31)32)14-3-17(7-27-11-21(33)34)24(38)18(4-14)8-28-12-22(35)36;21-15-11(5-17-23)1-9(2-12(15)6-18-24)10-3-13(7-19-25)16(22)14(4-10)8-20-26;;/h1-8,37-38H,9-12H2,(H,29,30)(H,31,32)(H,33,34)(H,35,36);1-8,21-26H;2*1H4/p-2/b;17-5+,18-6+,19-7+,20-8+;;. The topological polar surface area (TPSA) is 416 Å². The largest absolute Gasteiger partial charge is 0.548 e. The van der Waals surface area contributed by atoms with Crippen LogP contribution < -0.4 is 10.2 Å². The van der Waals surface area contributed by atoms with Crippen LogP contribution in [-0.4, -0.2) is 151 Å². The molecule has 4 aromatic carbocycles. The van der Waals surface area contributed by atoms with E-state index in [0.29, 0.717) is 22.3 Å².